The summed E-state index contributed by atoms with van der Waals surface area (Å²) in [6, 6.07) is 25.9. The molecule has 2 atom stereocenters. The molecule has 2 unspecified atom stereocenters. The lowest BCUT2D eigenvalue weighted by Gasteiger charge is -2.19. The Labute approximate surface area is 262 Å². The van der Waals surface area contributed by atoms with E-state index in [2.05, 4.69) is 29.6 Å². The van der Waals surface area contributed by atoms with E-state index in [0.29, 0.717) is 18.8 Å². The summed E-state index contributed by atoms with van der Waals surface area (Å²) in [5.41, 5.74) is 4.63. The molecular weight excluding hydrogens is 599 g/mol. The second-order valence-electron chi connectivity index (χ2n) is 10.5. The molecule has 10 heteroatoms. The first-order chi connectivity index (χ1) is 21.1. The van der Waals surface area contributed by atoms with Gasteiger partial charge in [-0.25, -0.2) is 13.2 Å². The summed E-state index contributed by atoms with van der Waals surface area (Å²) in [5, 5.41) is 12.2. The number of thiophene rings is 1. The number of aliphatic carboxylic acids is 1. The smallest absolute Gasteiger partial charge is 0.326 e. The third kappa shape index (κ3) is 9.09. The van der Waals surface area contributed by atoms with Crippen LogP contribution in [0.5, 0.6) is 0 Å². The van der Waals surface area contributed by atoms with Gasteiger partial charge in [-0.15, -0.1) is 11.3 Å². The fraction of sp³-hybridized carbons (Fsp3) is 0.294. The molecule has 8 nitrogen and oxygen atoms in total. The number of benzene rings is 3. The maximum Gasteiger partial charge on any atom is 0.326 e. The van der Waals surface area contributed by atoms with Crippen LogP contribution in [0.4, 0.5) is 0 Å². The minimum atomic E-state index is -3.40. The van der Waals surface area contributed by atoms with E-state index in [1.807, 2.05) is 62.4 Å². The number of carbonyl (C=O) groups is 2. The first-order valence-corrected chi connectivity index (χ1v) is 17.2. The van der Waals surface area contributed by atoms with Gasteiger partial charge >= 0.3 is 5.97 Å². The van der Waals surface area contributed by atoms with Gasteiger partial charge in [0.05, 0.1) is 19.0 Å². The number of hydrogen-bond acceptors (Lipinski definition) is 7. The minimum absolute atomic E-state index is 0.235. The Morgan fingerprint density at radius 2 is 1.68 bits per heavy atom. The Balaban J connectivity index is 1.59. The van der Waals surface area contributed by atoms with Gasteiger partial charge in [-0.3, -0.25) is 4.79 Å². The minimum Gasteiger partial charge on any atom is -0.480 e. The molecule has 44 heavy (non-hydrogen) atoms. The predicted octanol–water partition coefficient (Wildman–Crippen LogP) is 6.30. The molecule has 2 N–H and O–H groups in total. The lowest BCUT2D eigenvalue weighted by atomic mass is 9.93. The average Bonchev–Trinajstić information content (AvgIpc) is 3.49. The SMILES string of the molecule is CCOCC(OCc1ccc(C(=O)NC(CCS(C)(=O)=O)C(=O)O)c(-c2ccccc2C)c1)c1ccc(-c2ccccc2)s1. The van der Waals surface area contributed by atoms with Crippen LogP contribution in [-0.2, 0) is 30.7 Å². The highest BCUT2D eigenvalue weighted by Gasteiger charge is 2.24. The Bertz CT molecular complexity index is 1680. The molecule has 0 aliphatic carbocycles. The van der Waals surface area contributed by atoms with Crippen molar-refractivity contribution in [3.05, 3.63) is 106 Å². The first kappa shape index (κ1) is 33.1. The molecule has 0 aliphatic heterocycles. The zero-order valence-corrected chi connectivity index (χ0v) is 26.6. The average molecular weight is 636 g/mol. The molecule has 232 valence electrons. The van der Waals surface area contributed by atoms with E-state index in [-0.39, 0.29) is 30.4 Å². The number of carboxylic acid groups (broad SMARTS) is 1. The summed E-state index contributed by atoms with van der Waals surface area (Å²) in [4.78, 5) is 27.4. The lowest BCUT2D eigenvalue weighted by molar-refractivity contribution is -0.139. The van der Waals surface area contributed by atoms with Crippen molar-refractivity contribution in [2.75, 3.05) is 25.2 Å². The summed E-state index contributed by atoms with van der Waals surface area (Å²) in [6.07, 6.45) is 0.500. The van der Waals surface area contributed by atoms with Gasteiger partial charge in [-0.1, -0.05) is 60.7 Å². The highest BCUT2D eigenvalue weighted by Crippen LogP contribution is 2.34. The van der Waals surface area contributed by atoms with Crippen molar-refractivity contribution in [2.45, 2.75) is 39.0 Å². The zero-order valence-electron chi connectivity index (χ0n) is 25.0. The Morgan fingerprint density at radius 1 is 0.955 bits per heavy atom. The second kappa shape index (κ2) is 15.3. The Kier molecular flexibility index (Phi) is 11.5. The molecule has 0 spiro atoms. The highest BCUT2D eigenvalue weighted by atomic mass is 32.2. The number of hydrogen-bond donors (Lipinski definition) is 2. The van der Waals surface area contributed by atoms with Crippen LogP contribution >= 0.6 is 11.3 Å². The maximum atomic E-state index is 13.4. The van der Waals surface area contributed by atoms with Gasteiger partial charge in [0, 0.05) is 28.2 Å². The number of carboxylic acids is 1. The summed E-state index contributed by atoms with van der Waals surface area (Å²) >= 11 is 1.66. The van der Waals surface area contributed by atoms with Crippen LogP contribution in [-0.4, -0.2) is 56.7 Å². The van der Waals surface area contributed by atoms with Gasteiger partial charge in [0.2, 0.25) is 0 Å². The number of sulfone groups is 1. The molecule has 0 bridgehead atoms. The molecular formula is C34H37NO7S2. The molecule has 4 rings (SSSR count). The number of carbonyl (C=O) groups excluding carboxylic acids is 1. The van der Waals surface area contributed by atoms with Crippen LogP contribution in [0.2, 0.25) is 0 Å². The van der Waals surface area contributed by atoms with Crippen LogP contribution in [0, 0.1) is 6.92 Å². The summed E-state index contributed by atoms with van der Waals surface area (Å²) in [6.45, 7) is 5.07. The normalized spacial score (nSPS) is 12.9. The number of nitrogens with one attached hydrogen (secondary N) is 1. The van der Waals surface area contributed by atoms with Crippen molar-refractivity contribution in [1.82, 2.24) is 5.32 Å². The molecule has 0 saturated carbocycles. The van der Waals surface area contributed by atoms with Gasteiger partial charge < -0.3 is 19.9 Å². The molecule has 4 aromatic rings. The van der Waals surface area contributed by atoms with E-state index >= 15 is 0 Å². The van der Waals surface area contributed by atoms with Crippen molar-refractivity contribution < 1.29 is 32.6 Å². The van der Waals surface area contributed by atoms with Crippen molar-refractivity contribution in [3.63, 3.8) is 0 Å². The number of aryl methyl sites for hydroxylation is 1. The van der Waals surface area contributed by atoms with Crippen molar-refractivity contribution in [3.8, 4) is 21.6 Å². The Hall–Kier alpha value is -3.83. The Morgan fingerprint density at radius 3 is 2.36 bits per heavy atom. The topological polar surface area (TPSA) is 119 Å². The quantitative estimate of drug-likeness (QED) is 0.157. The van der Waals surface area contributed by atoms with Gasteiger partial charge in [0.1, 0.15) is 22.0 Å². The summed E-state index contributed by atoms with van der Waals surface area (Å²) in [7, 11) is -3.40. The molecule has 0 fully saturated rings. The van der Waals surface area contributed by atoms with E-state index < -0.39 is 27.8 Å². The zero-order chi connectivity index (χ0) is 31.7. The molecule has 3 aromatic carbocycles. The van der Waals surface area contributed by atoms with Crippen LogP contribution in [0.1, 0.15) is 45.8 Å². The third-order valence-electron chi connectivity index (χ3n) is 7.07. The fourth-order valence-electron chi connectivity index (χ4n) is 4.72. The van der Waals surface area contributed by atoms with E-state index in [4.69, 9.17) is 9.47 Å². The number of amides is 1. The van der Waals surface area contributed by atoms with E-state index in [1.165, 1.54) is 0 Å². The van der Waals surface area contributed by atoms with Crippen LogP contribution in [0.25, 0.3) is 21.6 Å². The van der Waals surface area contributed by atoms with E-state index in [9.17, 15) is 23.1 Å². The molecule has 0 radical (unpaired) electrons. The first-order valence-electron chi connectivity index (χ1n) is 14.3. The standard InChI is InChI=1S/C34H37NO7S2/c1-4-41-22-30(32-17-16-31(43-32)25-11-6-5-7-12-25)42-21-24-14-15-27(28(20-24)26-13-9-8-10-23(26)2)33(36)35-29(34(37)38)18-19-44(3,39)40/h5-17,20,29-30H,4,18-19,21-22H2,1-3H3,(H,35,36)(H,37,38). The molecule has 1 aromatic heterocycles. The van der Waals surface area contributed by atoms with Crippen molar-refractivity contribution in [2.24, 2.45) is 0 Å². The second-order valence-corrected chi connectivity index (χ2v) is 13.9. The fourth-order valence-corrected chi connectivity index (χ4v) is 6.43. The highest BCUT2D eigenvalue weighted by molar-refractivity contribution is 7.90. The molecule has 1 heterocycles. The van der Waals surface area contributed by atoms with Gasteiger partial charge in [-0.05, 0) is 72.4 Å². The van der Waals surface area contributed by atoms with Crippen LogP contribution < -0.4 is 5.32 Å². The lowest BCUT2D eigenvalue weighted by Crippen LogP contribution is -2.42. The maximum absolute atomic E-state index is 13.4. The predicted molar refractivity (Wildman–Crippen MR) is 174 cm³/mol. The number of ether oxygens (including phenoxy) is 2. The van der Waals surface area contributed by atoms with Crippen molar-refractivity contribution in [1.29, 1.82) is 0 Å². The van der Waals surface area contributed by atoms with Gasteiger partial charge in [-0.2, -0.15) is 0 Å². The third-order valence-corrected chi connectivity index (χ3v) is 9.28. The van der Waals surface area contributed by atoms with Crippen LogP contribution in [0.3, 0.4) is 0 Å². The summed E-state index contributed by atoms with van der Waals surface area (Å²) in [5.74, 6) is -2.25. The molecule has 1 amide bonds. The molecule has 0 aliphatic rings. The van der Waals surface area contributed by atoms with E-state index in [1.54, 1.807) is 23.5 Å². The monoisotopic (exact) mass is 635 g/mol. The van der Waals surface area contributed by atoms with E-state index in [0.717, 1.165) is 38.3 Å². The largest absolute Gasteiger partial charge is 0.480 e. The van der Waals surface area contributed by atoms with Gasteiger partial charge in [0.25, 0.3) is 5.91 Å². The van der Waals surface area contributed by atoms with Crippen LogP contribution in [0.15, 0.2) is 84.9 Å². The summed E-state index contributed by atoms with van der Waals surface area (Å²) < 4.78 is 35.4. The van der Waals surface area contributed by atoms with Crippen molar-refractivity contribution >= 4 is 33.1 Å². The number of rotatable bonds is 15. The van der Waals surface area contributed by atoms with Gasteiger partial charge in [0.15, 0.2) is 0 Å². The molecule has 0 saturated heterocycles.